The van der Waals surface area contributed by atoms with Crippen molar-refractivity contribution in [2.75, 3.05) is 31.8 Å². The minimum Gasteiger partial charge on any atom is -0.469 e. The molecule has 0 aromatic heterocycles. The summed E-state index contributed by atoms with van der Waals surface area (Å²) in [7, 11) is 1.42. The third-order valence-corrected chi connectivity index (χ3v) is 2.74. The summed E-state index contributed by atoms with van der Waals surface area (Å²) >= 11 is 1.72. The topological polar surface area (TPSA) is 35.5 Å². The number of carbonyl (C=O) groups excluding carboxylic acids is 1. The Bertz CT molecular complexity index is 139. The summed E-state index contributed by atoms with van der Waals surface area (Å²) in [6, 6.07) is 0. The average Bonchev–Trinajstić information content (AvgIpc) is 2.16. The first kappa shape index (κ1) is 12.8. The fourth-order valence-corrected chi connectivity index (χ4v) is 1.68. The lowest BCUT2D eigenvalue weighted by molar-refractivity contribution is -0.143. The van der Waals surface area contributed by atoms with Gasteiger partial charge in [-0.2, -0.15) is 11.8 Å². The molecule has 0 fully saturated rings. The van der Waals surface area contributed by atoms with Crippen molar-refractivity contribution in [3.05, 3.63) is 0 Å². The zero-order valence-corrected chi connectivity index (χ0v) is 9.36. The van der Waals surface area contributed by atoms with Crippen LogP contribution < -0.4 is 0 Å². The van der Waals surface area contributed by atoms with Gasteiger partial charge in [0.1, 0.15) is 0 Å². The number of rotatable bonds is 7. The Balaban J connectivity index is 3.26. The molecule has 1 unspecified atom stereocenters. The predicted molar refractivity (Wildman–Crippen MR) is 55.0 cm³/mol. The number of carbonyl (C=O) groups is 1. The van der Waals surface area contributed by atoms with Gasteiger partial charge in [0.15, 0.2) is 0 Å². The standard InChI is InChI=1S/C9H18O3S/c1-4-12-5-6-13-7-8(2)9(10)11-3/h8H,4-7H2,1-3H3. The van der Waals surface area contributed by atoms with E-state index < -0.39 is 0 Å². The van der Waals surface area contributed by atoms with Gasteiger partial charge in [0.05, 0.1) is 19.6 Å². The zero-order valence-electron chi connectivity index (χ0n) is 8.54. The van der Waals surface area contributed by atoms with Crippen molar-refractivity contribution < 1.29 is 14.3 Å². The zero-order chi connectivity index (χ0) is 10.1. The lowest BCUT2D eigenvalue weighted by Crippen LogP contribution is -2.15. The van der Waals surface area contributed by atoms with E-state index in [4.69, 9.17) is 4.74 Å². The lowest BCUT2D eigenvalue weighted by atomic mass is 10.2. The van der Waals surface area contributed by atoms with Crippen molar-refractivity contribution in [1.29, 1.82) is 0 Å². The Kier molecular flexibility index (Phi) is 8.24. The molecular weight excluding hydrogens is 188 g/mol. The van der Waals surface area contributed by atoms with Crippen molar-refractivity contribution in [1.82, 2.24) is 0 Å². The molecule has 1 atom stereocenters. The Morgan fingerprint density at radius 3 is 2.77 bits per heavy atom. The van der Waals surface area contributed by atoms with Crippen LogP contribution in [0.25, 0.3) is 0 Å². The second kappa shape index (κ2) is 8.38. The van der Waals surface area contributed by atoms with E-state index in [-0.39, 0.29) is 11.9 Å². The molecule has 13 heavy (non-hydrogen) atoms. The van der Waals surface area contributed by atoms with Crippen molar-refractivity contribution in [2.45, 2.75) is 13.8 Å². The van der Waals surface area contributed by atoms with Gasteiger partial charge in [-0.1, -0.05) is 6.92 Å². The van der Waals surface area contributed by atoms with Gasteiger partial charge in [0, 0.05) is 18.1 Å². The molecule has 0 aromatic carbocycles. The van der Waals surface area contributed by atoms with Crippen LogP contribution in [-0.4, -0.2) is 37.8 Å². The summed E-state index contributed by atoms with van der Waals surface area (Å²) < 4.78 is 9.77. The van der Waals surface area contributed by atoms with Crippen molar-refractivity contribution >= 4 is 17.7 Å². The molecule has 4 heteroatoms. The van der Waals surface area contributed by atoms with E-state index in [9.17, 15) is 4.79 Å². The quantitative estimate of drug-likeness (QED) is 0.468. The SMILES string of the molecule is CCOCCSCC(C)C(=O)OC. The van der Waals surface area contributed by atoms with Crippen LogP contribution in [0.3, 0.4) is 0 Å². The minimum atomic E-state index is -0.135. The summed E-state index contributed by atoms with van der Waals surface area (Å²) in [5, 5.41) is 0. The van der Waals surface area contributed by atoms with Crippen LogP contribution in [0.1, 0.15) is 13.8 Å². The molecule has 0 saturated heterocycles. The lowest BCUT2D eigenvalue weighted by Gasteiger charge is -2.08. The summed E-state index contributed by atoms with van der Waals surface area (Å²) in [4.78, 5) is 11.0. The molecule has 78 valence electrons. The summed E-state index contributed by atoms with van der Waals surface area (Å²) in [6.45, 7) is 5.36. The maximum atomic E-state index is 11.0. The van der Waals surface area contributed by atoms with Crippen LogP contribution in [0.2, 0.25) is 0 Å². The van der Waals surface area contributed by atoms with Crippen LogP contribution >= 0.6 is 11.8 Å². The molecule has 0 spiro atoms. The first-order chi connectivity index (χ1) is 6.22. The van der Waals surface area contributed by atoms with E-state index in [0.717, 1.165) is 24.7 Å². The largest absolute Gasteiger partial charge is 0.469 e. The first-order valence-corrected chi connectivity index (χ1v) is 5.61. The van der Waals surface area contributed by atoms with Crippen molar-refractivity contribution in [3.8, 4) is 0 Å². The average molecular weight is 206 g/mol. The predicted octanol–water partition coefficient (Wildman–Crippen LogP) is 1.57. The van der Waals surface area contributed by atoms with Crippen LogP contribution in [0.4, 0.5) is 0 Å². The highest BCUT2D eigenvalue weighted by atomic mass is 32.2. The van der Waals surface area contributed by atoms with Crippen LogP contribution in [0, 0.1) is 5.92 Å². The third kappa shape index (κ3) is 6.90. The summed E-state index contributed by atoms with van der Waals surface area (Å²) in [5.41, 5.74) is 0. The molecular formula is C9H18O3S. The van der Waals surface area contributed by atoms with Gasteiger partial charge >= 0.3 is 5.97 Å². The molecule has 0 heterocycles. The van der Waals surface area contributed by atoms with Gasteiger partial charge in [-0.05, 0) is 6.92 Å². The van der Waals surface area contributed by atoms with E-state index in [1.54, 1.807) is 11.8 Å². The van der Waals surface area contributed by atoms with Crippen LogP contribution in [0.5, 0.6) is 0 Å². The molecule has 0 saturated carbocycles. The van der Waals surface area contributed by atoms with Gasteiger partial charge in [0.2, 0.25) is 0 Å². The van der Waals surface area contributed by atoms with Gasteiger partial charge in [-0.15, -0.1) is 0 Å². The Morgan fingerprint density at radius 1 is 1.54 bits per heavy atom. The van der Waals surface area contributed by atoms with E-state index in [1.807, 2.05) is 13.8 Å². The Hall–Kier alpha value is -0.220. The van der Waals surface area contributed by atoms with Gasteiger partial charge < -0.3 is 9.47 Å². The van der Waals surface area contributed by atoms with Crippen molar-refractivity contribution in [2.24, 2.45) is 5.92 Å². The molecule has 0 aliphatic rings. The molecule has 0 radical (unpaired) electrons. The second-order valence-corrected chi connectivity index (χ2v) is 3.85. The molecule has 0 aliphatic carbocycles. The molecule has 0 bridgehead atoms. The molecule has 3 nitrogen and oxygen atoms in total. The molecule has 0 amide bonds. The van der Waals surface area contributed by atoms with E-state index in [0.29, 0.717) is 0 Å². The van der Waals surface area contributed by atoms with Gasteiger partial charge in [-0.3, -0.25) is 4.79 Å². The third-order valence-electron chi connectivity index (χ3n) is 1.55. The monoisotopic (exact) mass is 206 g/mol. The number of thioether (sulfide) groups is 1. The normalized spacial score (nSPS) is 12.5. The highest BCUT2D eigenvalue weighted by molar-refractivity contribution is 7.99. The van der Waals surface area contributed by atoms with E-state index in [2.05, 4.69) is 4.74 Å². The van der Waals surface area contributed by atoms with E-state index >= 15 is 0 Å². The fraction of sp³-hybridized carbons (Fsp3) is 0.889. The number of hydrogen-bond acceptors (Lipinski definition) is 4. The second-order valence-electron chi connectivity index (χ2n) is 2.70. The number of hydrogen-bond donors (Lipinski definition) is 0. The van der Waals surface area contributed by atoms with Crippen LogP contribution in [0.15, 0.2) is 0 Å². The highest BCUT2D eigenvalue weighted by Crippen LogP contribution is 2.09. The Labute approximate surface area is 84.2 Å². The first-order valence-electron chi connectivity index (χ1n) is 4.45. The molecule has 0 rings (SSSR count). The fourth-order valence-electron chi connectivity index (χ4n) is 0.792. The van der Waals surface area contributed by atoms with Gasteiger partial charge in [-0.25, -0.2) is 0 Å². The molecule has 0 N–H and O–H groups in total. The number of esters is 1. The smallest absolute Gasteiger partial charge is 0.309 e. The van der Waals surface area contributed by atoms with Gasteiger partial charge in [0.25, 0.3) is 0 Å². The summed E-state index contributed by atoms with van der Waals surface area (Å²) in [5.74, 6) is 1.59. The van der Waals surface area contributed by atoms with Crippen molar-refractivity contribution in [3.63, 3.8) is 0 Å². The maximum Gasteiger partial charge on any atom is 0.309 e. The highest BCUT2D eigenvalue weighted by Gasteiger charge is 2.11. The van der Waals surface area contributed by atoms with Crippen LogP contribution in [-0.2, 0) is 14.3 Å². The molecule has 0 aliphatic heterocycles. The Morgan fingerprint density at radius 2 is 2.23 bits per heavy atom. The number of ether oxygens (including phenoxy) is 2. The maximum absolute atomic E-state index is 11.0. The molecule has 0 aromatic rings. The number of methoxy groups -OCH3 is 1. The van der Waals surface area contributed by atoms with E-state index in [1.165, 1.54) is 7.11 Å². The minimum absolute atomic E-state index is 0.0170. The summed E-state index contributed by atoms with van der Waals surface area (Å²) in [6.07, 6.45) is 0.